The summed E-state index contributed by atoms with van der Waals surface area (Å²) >= 11 is 0. The average molecular weight is 325 g/mol. The van der Waals surface area contributed by atoms with E-state index in [1.54, 1.807) is 0 Å². The van der Waals surface area contributed by atoms with Crippen molar-refractivity contribution in [1.29, 1.82) is 0 Å². The first-order valence-electron chi connectivity index (χ1n) is 8.65. The molecule has 0 radical (unpaired) electrons. The third-order valence-corrected chi connectivity index (χ3v) is 4.43. The van der Waals surface area contributed by atoms with Crippen LogP contribution in [0.1, 0.15) is 24.0 Å². The molecule has 128 valence electrons. The van der Waals surface area contributed by atoms with Crippen LogP contribution in [0.4, 0.5) is 11.8 Å². The number of piperidine rings is 1. The fourth-order valence-electron chi connectivity index (χ4n) is 3.24. The largest absolute Gasteiger partial charge is 0.363 e. The van der Waals surface area contributed by atoms with Gasteiger partial charge in [0.1, 0.15) is 5.82 Å². The lowest BCUT2D eigenvalue weighted by molar-refractivity contribution is 0.208. The molecule has 1 aromatic carbocycles. The van der Waals surface area contributed by atoms with E-state index in [4.69, 9.17) is 0 Å². The van der Waals surface area contributed by atoms with Crippen LogP contribution in [0.2, 0.25) is 0 Å². The van der Waals surface area contributed by atoms with Crippen molar-refractivity contribution in [3.63, 3.8) is 0 Å². The van der Waals surface area contributed by atoms with Crippen molar-refractivity contribution in [3.8, 4) is 0 Å². The van der Waals surface area contributed by atoms with E-state index in [0.717, 1.165) is 31.4 Å². The zero-order valence-electron chi connectivity index (χ0n) is 14.9. The lowest BCUT2D eigenvalue weighted by atomic mass is 10.0. The molecule has 1 aliphatic rings. The van der Waals surface area contributed by atoms with Crippen LogP contribution in [-0.4, -0.2) is 48.1 Å². The van der Waals surface area contributed by atoms with Crippen LogP contribution >= 0.6 is 0 Å². The highest BCUT2D eigenvalue weighted by atomic mass is 15.2. The van der Waals surface area contributed by atoms with E-state index in [2.05, 4.69) is 51.4 Å². The van der Waals surface area contributed by atoms with Crippen molar-refractivity contribution in [2.24, 2.45) is 0 Å². The zero-order chi connectivity index (χ0) is 16.9. The lowest BCUT2D eigenvalue weighted by Crippen LogP contribution is -2.41. The van der Waals surface area contributed by atoms with Crippen molar-refractivity contribution in [1.82, 2.24) is 14.9 Å². The summed E-state index contributed by atoms with van der Waals surface area (Å²) in [5.74, 6) is 1.66. The van der Waals surface area contributed by atoms with Crippen LogP contribution in [0.3, 0.4) is 0 Å². The number of hydrogen-bond donors (Lipinski definition) is 1. The standard InChI is InChI=1S/C19H27N5/c1-15-6-4-7-16(12-15)13-24-11-5-8-17(14-24)21-19-20-10-9-18(22-19)23(2)3/h4,6-7,9-10,12,17H,5,8,11,13-14H2,1-3H3,(H,20,21,22). The molecule has 1 atom stereocenters. The van der Waals surface area contributed by atoms with Gasteiger partial charge in [0.05, 0.1) is 0 Å². The third kappa shape index (κ3) is 4.45. The monoisotopic (exact) mass is 325 g/mol. The van der Waals surface area contributed by atoms with Gasteiger partial charge in [0.15, 0.2) is 0 Å². The maximum Gasteiger partial charge on any atom is 0.224 e. The Morgan fingerprint density at radius 2 is 2.17 bits per heavy atom. The second-order valence-electron chi connectivity index (χ2n) is 6.84. The molecule has 1 aliphatic heterocycles. The smallest absolute Gasteiger partial charge is 0.224 e. The minimum atomic E-state index is 0.404. The summed E-state index contributed by atoms with van der Waals surface area (Å²) in [6.45, 7) is 5.35. The molecule has 24 heavy (non-hydrogen) atoms. The molecule has 2 aromatic rings. The second-order valence-corrected chi connectivity index (χ2v) is 6.84. The van der Waals surface area contributed by atoms with Gasteiger partial charge in [-0.25, -0.2) is 4.98 Å². The molecule has 2 heterocycles. The van der Waals surface area contributed by atoms with Gasteiger partial charge in [-0.15, -0.1) is 0 Å². The number of nitrogens with zero attached hydrogens (tertiary/aromatic N) is 4. The van der Waals surface area contributed by atoms with Crippen LogP contribution in [-0.2, 0) is 6.54 Å². The predicted molar refractivity (Wildman–Crippen MR) is 99.5 cm³/mol. The van der Waals surface area contributed by atoms with Crippen LogP contribution in [0.5, 0.6) is 0 Å². The van der Waals surface area contributed by atoms with Crippen LogP contribution in [0.15, 0.2) is 36.5 Å². The summed E-state index contributed by atoms with van der Waals surface area (Å²) in [4.78, 5) is 13.5. The molecule has 1 saturated heterocycles. The van der Waals surface area contributed by atoms with E-state index in [0.29, 0.717) is 6.04 Å². The Morgan fingerprint density at radius 1 is 1.29 bits per heavy atom. The highest BCUT2D eigenvalue weighted by Crippen LogP contribution is 2.18. The number of hydrogen-bond acceptors (Lipinski definition) is 5. The fraction of sp³-hybridized carbons (Fsp3) is 0.474. The van der Waals surface area contributed by atoms with E-state index < -0.39 is 0 Å². The topological polar surface area (TPSA) is 44.3 Å². The van der Waals surface area contributed by atoms with Gasteiger partial charge in [-0.2, -0.15) is 4.98 Å². The third-order valence-electron chi connectivity index (χ3n) is 4.43. The van der Waals surface area contributed by atoms with E-state index in [1.807, 2.05) is 31.3 Å². The summed E-state index contributed by atoms with van der Waals surface area (Å²) in [7, 11) is 3.99. The minimum Gasteiger partial charge on any atom is -0.363 e. The SMILES string of the molecule is Cc1cccc(CN2CCCC(Nc3nccc(N(C)C)n3)C2)c1. The number of anilines is 2. The highest BCUT2D eigenvalue weighted by molar-refractivity contribution is 5.41. The highest BCUT2D eigenvalue weighted by Gasteiger charge is 2.20. The maximum absolute atomic E-state index is 4.57. The molecule has 0 bridgehead atoms. The molecule has 3 rings (SSSR count). The van der Waals surface area contributed by atoms with E-state index >= 15 is 0 Å². The average Bonchev–Trinajstić information content (AvgIpc) is 2.55. The van der Waals surface area contributed by atoms with Gasteiger partial charge in [-0.05, 0) is 37.9 Å². The molecule has 1 N–H and O–H groups in total. The summed E-state index contributed by atoms with van der Waals surface area (Å²) in [5.41, 5.74) is 2.72. The summed E-state index contributed by atoms with van der Waals surface area (Å²) in [6.07, 6.45) is 4.19. The van der Waals surface area contributed by atoms with E-state index in [9.17, 15) is 0 Å². The number of aromatic nitrogens is 2. The van der Waals surface area contributed by atoms with Gasteiger partial charge in [-0.3, -0.25) is 4.90 Å². The van der Waals surface area contributed by atoms with Gasteiger partial charge in [0, 0.05) is 39.4 Å². The Labute approximate surface area is 144 Å². The van der Waals surface area contributed by atoms with Crippen LogP contribution < -0.4 is 10.2 Å². The van der Waals surface area contributed by atoms with Crippen molar-refractivity contribution in [3.05, 3.63) is 47.7 Å². The quantitative estimate of drug-likeness (QED) is 0.916. The molecule has 1 fully saturated rings. The van der Waals surface area contributed by atoms with Gasteiger partial charge < -0.3 is 10.2 Å². The molecule has 0 spiro atoms. The zero-order valence-corrected chi connectivity index (χ0v) is 14.9. The van der Waals surface area contributed by atoms with Crippen molar-refractivity contribution >= 4 is 11.8 Å². The molecular weight excluding hydrogens is 298 g/mol. The van der Waals surface area contributed by atoms with Gasteiger partial charge in [0.2, 0.25) is 5.95 Å². The van der Waals surface area contributed by atoms with Crippen molar-refractivity contribution in [2.45, 2.75) is 32.4 Å². The van der Waals surface area contributed by atoms with E-state index in [1.165, 1.54) is 24.0 Å². The maximum atomic E-state index is 4.57. The van der Waals surface area contributed by atoms with Gasteiger partial charge in [0.25, 0.3) is 0 Å². The van der Waals surface area contributed by atoms with E-state index in [-0.39, 0.29) is 0 Å². The number of rotatable bonds is 5. The predicted octanol–water partition coefficient (Wildman–Crippen LogP) is 2.93. The summed E-state index contributed by atoms with van der Waals surface area (Å²) < 4.78 is 0. The fourth-order valence-corrected chi connectivity index (χ4v) is 3.24. The molecule has 1 unspecified atom stereocenters. The van der Waals surface area contributed by atoms with Gasteiger partial charge in [-0.1, -0.05) is 29.8 Å². The normalized spacial score (nSPS) is 18.4. The number of nitrogens with one attached hydrogen (secondary N) is 1. The molecular formula is C19H27N5. The Bertz CT molecular complexity index is 670. The first-order valence-corrected chi connectivity index (χ1v) is 8.65. The number of aryl methyl sites for hydroxylation is 1. The number of likely N-dealkylation sites (tertiary alicyclic amines) is 1. The van der Waals surface area contributed by atoms with Crippen LogP contribution in [0.25, 0.3) is 0 Å². The molecule has 5 nitrogen and oxygen atoms in total. The first kappa shape index (κ1) is 16.7. The molecule has 5 heteroatoms. The lowest BCUT2D eigenvalue weighted by Gasteiger charge is -2.33. The Morgan fingerprint density at radius 3 is 2.96 bits per heavy atom. The van der Waals surface area contributed by atoms with Crippen molar-refractivity contribution < 1.29 is 0 Å². The molecule has 0 saturated carbocycles. The number of benzene rings is 1. The summed E-state index contributed by atoms with van der Waals surface area (Å²) in [6, 6.07) is 11.1. The van der Waals surface area contributed by atoms with Gasteiger partial charge >= 0.3 is 0 Å². The minimum absolute atomic E-state index is 0.404. The molecule has 1 aromatic heterocycles. The molecule has 0 aliphatic carbocycles. The van der Waals surface area contributed by atoms with Crippen molar-refractivity contribution in [2.75, 3.05) is 37.4 Å². The Balaban J connectivity index is 1.60. The Kier molecular flexibility index (Phi) is 5.30. The molecule has 0 amide bonds. The van der Waals surface area contributed by atoms with Crippen LogP contribution in [0, 0.1) is 6.92 Å². The first-order chi connectivity index (χ1) is 11.6. The Hall–Kier alpha value is -2.14. The summed E-state index contributed by atoms with van der Waals surface area (Å²) in [5, 5.41) is 3.51. The second kappa shape index (κ2) is 7.62.